The molecule has 0 radical (unpaired) electrons. The number of cyclic esters (lactones) is 1. The Balaban J connectivity index is 2.05. The molecule has 0 saturated carbocycles. The van der Waals surface area contributed by atoms with E-state index in [4.69, 9.17) is 14.2 Å². The van der Waals surface area contributed by atoms with Crippen LogP contribution in [0.15, 0.2) is 60.7 Å². The normalized spacial score (nSPS) is 16.2. The molecule has 0 saturated heterocycles. The van der Waals surface area contributed by atoms with Gasteiger partial charge in [-0.25, -0.2) is 4.79 Å². The molecule has 0 fully saturated rings. The van der Waals surface area contributed by atoms with Crippen molar-refractivity contribution in [2.24, 2.45) is 0 Å². The van der Waals surface area contributed by atoms with Crippen LogP contribution >= 0.6 is 0 Å². The zero-order chi connectivity index (χ0) is 26.6. The highest BCUT2D eigenvalue weighted by atomic mass is 16.6. The van der Waals surface area contributed by atoms with Gasteiger partial charge < -0.3 is 24.0 Å². The van der Waals surface area contributed by atoms with Crippen molar-refractivity contribution in [3.8, 4) is 11.5 Å². The van der Waals surface area contributed by atoms with Crippen molar-refractivity contribution in [1.82, 2.24) is 0 Å². The zero-order valence-corrected chi connectivity index (χ0v) is 22.8. The first-order valence-electron chi connectivity index (χ1n) is 13.3. The van der Waals surface area contributed by atoms with E-state index in [-0.39, 0.29) is 5.97 Å². The van der Waals surface area contributed by atoms with Crippen molar-refractivity contribution >= 4 is 17.3 Å². The Bertz CT molecular complexity index is 1250. The lowest BCUT2D eigenvalue weighted by atomic mass is 9.78. The van der Waals surface area contributed by atoms with Crippen LogP contribution in [0.3, 0.4) is 0 Å². The topological polar surface area (TPSA) is 51.2 Å². The maximum atomic E-state index is 13.3. The van der Waals surface area contributed by atoms with E-state index in [0.717, 1.165) is 47.7 Å². The van der Waals surface area contributed by atoms with E-state index < -0.39 is 5.60 Å². The van der Waals surface area contributed by atoms with Gasteiger partial charge in [0.2, 0.25) is 0 Å². The predicted molar refractivity (Wildman–Crippen MR) is 149 cm³/mol. The number of carbonyl (C=O) groups excluding carboxylic acids is 1. The van der Waals surface area contributed by atoms with Crippen molar-refractivity contribution in [1.29, 1.82) is 0 Å². The zero-order valence-electron chi connectivity index (χ0n) is 22.8. The standard InChI is InChI=1S/C31H38N2O4/c1-7-32(6)22-16-18-26(28(20-22)35-10-4)31(25-15-13-12-14-24(25)30(34)37-31)27-19-17-23(33(8-2)9-3)21-29(27)36-11-5/h12-21H,7-11H2,1-6H3. The van der Waals surface area contributed by atoms with E-state index in [0.29, 0.717) is 30.3 Å². The lowest BCUT2D eigenvalue weighted by Crippen LogP contribution is -2.31. The average Bonchev–Trinajstić information content (AvgIpc) is 3.22. The smallest absolute Gasteiger partial charge is 0.340 e. The number of rotatable bonds is 11. The van der Waals surface area contributed by atoms with Crippen LogP contribution in [-0.4, -0.2) is 45.9 Å². The van der Waals surface area contributed by atoms with Crippen LogP contribution < -0.4 is 19.3 Å². The van der Waals surface area contributed by atoms with Crippen LogP contribution in [0.5, 0.6) is 11.5 Å². The molecule has 1 atom stereocenters. The summed E-state index contributed by atoms with van der Waals surface area (Å²) in [6.45, 7) is 13.9. The summed E-state index contributed by atoms with van der Waals surface area (Å²) in [5.41, 5.74) is 3.77. The summed E-state index contributed by atoms with van der Waals surface area (Å²) in [6.07, 6.45) is 0. The van der Waals surface area contributed by atoms with E-state index in [1.807, 2.05) is 63.4 Å². The van der Waals surface area contributed by atoms with Crippen LogP contribution in [-0.2, 0) is 10.3 Å². The fourth-order valence-corrected chi connectivity index (χ4v) is 5.12. The van der Waals surface area contributed by atoms with Crippen LogP contribution in [0.25, 0.3) is 0 Å². The summed E-state index contributed by atoms with van der Waals surface area (Å²) in [5, 5.41) is 0. The highest BCUT2D eigenvalue weighted by Crippen LogP contribution is 2.53. The van der Waals surface area contributed by atoms with Crippen molar-refractivity contribution < 1.29 is 19.0 Å². The highest BCUT2D eigenvalue weighted by Gasteiger charge is 2.51. The Morgan fingerprint density at radius 2 is 1.30 bits per heavy atom. The van der Waals surface area contributed by atoms with E-state index in [9.17, 15) is 4.79 Å². The summed E-state index contributed by atoms with van der Waals surface area (Å²) in [4.78, 5) is 17.8. The Hall–Kier alpha value is -3.67. The molecule has 1 aliphatic rings. The molecule has 0 aromatic heterocycles. The first-order chi connectivity index (χ1) is 17.9. The maximum absolute atomic E-state index is 13.3. The molecule has 1 unspecified atom stereocenters. The number of esters is 1. The largest absolute Gasteiger partial charge is 0.493 e. The second-order valence-corrected chi connectivity index (χ2v) is 9.03. The summed E-state index contributed by atoms with van der Waals surface area (Å²) in [6, 6.07) is 19.9. The molecule has 0 N–H and O–H groups in total. The van der Waals surface area contributed by atoms with Crippen molar-refractivity contribution in [3.05, 3.63) is 82.9 Å². The number of ether oxygens (including phenoxy) is 3. The number of benzene rings is 3. The van der Waals surface area contributed by atoms with Crippen molar-refractivity contribution in [3.63, 3.8) is 0 Å². The molecule has 4 rings (SSSR count). The molecule has 196 valence electrons. The van der Waals surface area contributed by atoms with Crippen molar-refractivity contribution in [2.45, 2.75) is 40.2 Å². The summed E-state index contributed by atoms with van der Waals surface area (Å²) in [7, 11) is 2.05. The Morgan fingerprint density at radius 1 is 0.730 bits per heavy atom. The molecule has 0 spiro atoms. The number of hydrogen-bond acceptors (Lipinski definition) is 6. The first kappa shape index (κ1) is 26.4. The molecule has 6 nitrogen and oxygen atoms in total. The minimum Gasteiger partial charge on any atom is -0.493 e. The van der Waals surface area contributed by atoms with Crippen molar-refractivity contribution in [2.75, 3.05) is 49.7 Å². The fraction of sp³-hybridized carbons (Fsp3) is 0.387. The van der Waals surface area contributed by atoms with Gasteiger partial charge in [-0.15, -0.1) is 0 Å². The van der Waals surface area contributed by atoms with E-state index in [2.05, 4.69) is 48.8 Å². The monoisotopic (exact) mass is 502 g/mol. The number of nitrogens with zero attached hydrogens (tertiary/aromatic N) is 2. The Kier molecular flexibility index (Phi) is 7.96. The molecule has 6 heteroatoms. The van der Waals surface area contributed by atoms with Gasteiger partial charge in [0.15, 0.2) is 5.60 Å². The van der Waals surface area contributed by atoms with Gasteiger partial charge in [0.1, 0.15) is 11.5 Å². The summed E-state index contributed by atoms with van der Waals surface area (Å²) in [5.74, 6) is 1.01. The summed E-state index contributed by atoms with van der Waals surface area (Å²) >= 11 is 0. The van der Waals surface area contributed by atoms with Gasteiger partial charge in [0.05, 0.1) is 18.8 Å². The molecule has 0 aliphatic carbocycles. The first-order valence-corrected chi connectivity index (χ1v) is 13.3. The summed E-state index contributed by atoms with van der Waals surface area (Å²) < 4.78 is 18.9. The van der Waals surface area contributed by atoms with Gasteiger partial charge in [-0.2, -0.15) is 0 Å². The minimum absolute atomic E-state index is 0.358. The molecule has 3 aromatic carbocycles. The molecule has 37 heavy (non-hydrogen) atoms. The fourth-order valence-electron chi connectivity index (χ4n) is 5.12. The van der Waals surface area contributed by atoms with Crippen LogP contribution in [0.4, 0.5) is 11.4 Å². The molecule has 1 aliphatic heterocycles. The Labute approximate surface area is 220 Å². The van der Waals surface area contributed by atoms with E-state index >= 15 is 0 Å². The third-order valence-electron chi connectivity index (χ3n) is 7.10. The number of anilines is 2. The molecule has 0 bridgehead atoms. The van der Waals surface area contributed by atoms with Gasteiger partial charge in [-0.05, 0) is 65.0 Å². The maximum Gasteiger partial charge on any atom is 0.340 e. The molecular formula is C31H38N2O4. The van der Waals surface area contributed by atoms with Gasteiger partial charge in [0, 0.05) is 66.9 Å². The highest BCUT2D eigenvalue weighted by molar-refractivity contribution is 5.96. The third-order valence-corrected chi connectivity index (χ3v) is 7.10. The van der Waals surface area contributed by atoms with Gasteiger partial charge in [-0.3, -0.25) is 0 Å². The van der Waals surface area contributed by atoms with E-state index in [1.165, 1.54) is 0 Å². The van der Waals surface area contributed by atoms with Gasteiger partial charge >= 0.3 is 5.97 Å². The SMILES string of the molecule is CCOc1cc(N(C)CC)ccc1C1(c2ccc(N(CC)CC)cc2OCC)OC(=O)c2ccccc21. The third kappa shape index (κ3) is 4.61. The average molecular weight is 503 g/mol. The lowest BCUT2D eigenvalue weighted by Gasteiger charge is -2.34. The number of fused-ring (bicyclic) bond motifs is 1. The minimum atomic E-state index is -1.21. The van der Waals surface area contributed by atoms with Crippen LogP contribution in [0.1, 0.15) is 61.7 Å². The van der Waals surface area contributed by atoms with Gasteiger partial charge in [-0.1, -0.05) is 18.2 Å². The molecule has 1 heterocycles. The van der Waals surface area contributed by atoms with E-state index in [1.54, 1.807) is 0 Å². The molecule has 3 aromatic rings. The lowest BCUT2D eigenvalue weighted by molar-refractivity contribution is 0.0236. The second kappa shape index (κ2) is 11.2. The predicted octanol–water partition coefficient (Wildman–Crippen LogP) is 6.25. The molecular weight excluding hydrogens is 464 g/mol. The number of carbonyl (C=O) groups is 1. The van der Waals surface area contributed by atoms with Crippen LogP contribution in [0.2, 0.25) is 0 Å². The Morgan fingerprint density at radius 3 is 1.86 bits per heavy atom. The second-order valence-electron chi connectivity index (χ2n) is 9.03. The van der Waals surface area contributed by atoms with Gasteiger partial charge in [0.25, 0.3) is 0 Å². The molecule has 0 amide bonds. The van der Waals surface area contributed by atoms with Crippen LogP contribution in [0, 0.1) is 0 Å². The quantitative estimate of drug-likeness (QED) is 0.289. The number of hydrogen-bond donors (Lipinski definition) is 0.